The van der Waals surface area contributed by atoms with Gasteiger partial charge in [0.25, 0.3) is 0 Å². The first kappa shape index (κ1) is 12.9. The summed E-state index contributed by atoms with van der Waals surface area (Å²) in [6.07, 6.45) is 0.0881. The first-order valence-electron chi connectivity index (χ1n) is 5.67. The highest BCUT2D eigenvalue weighted by Crippen LogP contribution is 2.16. The van der Waals surface area contributed by atoms with Crippen molar-refractivity contribution in [2.45, 2.75) is 6.42 Å². The highest BCUT2D eigenvalue weighted by Gasteiger charge is 2.06. The molecule has 98 valence electrons. The SMILES string of the molecule is Nc1cc(F)cc(NC(=O)Cc2cccc(O)c2)c1. The van der Waals surface area contributed by atoms with Crippen LogP contribution in [-0.4, -0.2) is 11.0 Å². The summed E-state index contributed by atoms with van der Waals surface area (Å²) < 4.78 is 13.1. The fourth-order valence-corrected chi connectivity index (χ4v) is 1.74. The molecule has 0 aliphatic heterocycles. The molecule has 0 fully saturated rings. The largest absolute Gasteiger partial charge is 0.508 e. The molecule has 0 heterocycles. The molecule has 0 atom stereocenters. The summed E-state index contributed by atoms with van der Waals surface area (Å²) in [5, 5.41) is 11.8. The van der Waals surface area contributed by atoms with Crippen molar-refractivity contribution in [2.75, 3.05) is 11.1 Å². The van der Waals surface area contributed by atoms with E-state index in [0.29, 0.717) is 11.3 Å². The van der Waals surface area contributed by atoms with E-state index in [4.69, 9.17) is 5.73 Å². The van der Waals surface area contributed by atoms with Gasteiger partial charge in [0.15, 0.2) is 0 Å². The van der Waals surface area contributed by atoms with Crippen molar-refractivity contribution in [3.8, 4) is 5.75 Å². The number of carbonyl (C=O) groups is 1. The van der Waals surface area contributed by atoms with E-state index >= 15 is 0 Å². The molecule has 2 aromatic carbocycles. The Morgan fingerprint density at radius 2 is 2.05 bits per heavy atom. The molecule has 0 aliphatic carbocycles. The minimum Gasteiger partial charge on any atom is -0.508 e. The number of phenolic OH excluding ortho intramolecular Hbond substituents is 1. The molecule has 2 rings (SSSR count). The number of aromatic hydroxyl groups is 1. The van der Waals surface area contributed by atoms with Crippen LogP contribution < -0.4 is 11.1 Å². The van der Waals surface area contributed by atoms with Crippen LogP contribution in [-0.2, 0) is 11.2 Å². The molecule has 0 saturated heterocycles. The van der Waals surface area contributed by atoms with Crippen LogP contribution in [0, 0.1) is 5.82 Å². The van der Waals surface area contributed by atoms with Crippen molar-refractivity contribution in [3.05, 3.63) is 53.8 Å². The van der Waals surface area contributed by atoms with Crippen molar-refractivity contribution >= 4 is 17.3 Å². The lowest BCUT2D eigenvalue weighted by molar-refractivity contribution is -0.115. The Kier molecular flexibility index (Phi) is 3.66. The van der Waals surface area contributed by atoms with Crippen LogP contribution in [0.2, 0.25) is 0 Å². The third kappa shape index (κ3) is 3.70. The Hall–Kier alpha value is -2.56. The van der Waals surface area contributed by atoms with Crippen molar-refractivity contribution in [1.82, 2.24) is 0 Å². The number of hydrogen-bond acceptors (Lipinski definition) is 3. The van der Waals surface area contributed by atoms with Crippen LogP contribution in [0.3, 0.4) is 0 Å². The third-order valence-electron chi connectivity index (χ3n) is 2.48. The average molecular weight is 260 g/mol. The van der Waals surface area contributed by atoms with Gasteiger partial charge in [0.2, 0.25) is 5.91 Å². The van der Waals surface area contributed by atoms with Gasteiger partial charge < -0.3 is 16.2 Å². The zero-order valence-electron chi connectivity index (χ0n) is 10.1. The molecule has 0 spiro atoms. The Morgan fingerprint density at radius 3 is 2.74 bits per heavy atom. The Morgan fingerprint density at radius 1 is 1.26 bits per heavy atom. The Labute approximate surface area is 109 Å². The zero-order valence-corrected chi connectivity index (χ0v) is 10.1. The van der Waals surface area contributed by atoms with Gasteiger partial charge in [-0.2, -0.15) is 0 Å². The zero-order chi connectivity index (χ0) is 13.8. The van der Waals surface area contributed by atoms with Crippen molar-refractivity contribution in [3.63, 3.8) is 0 Å². The lowest BCUT2D eigenvalue weighted by Gasteiger charge is -2.06. The summed E-state index contributed by atoms with van der Waals surface area (Å²) >= 11 is 0. The summed E-state index contributed by atoms with van der Waals surface area (Å²) in [6, 6.07) is 10.2. The van der Waals surface area contributed by atoms with Crippen LogP contribution in [0.15, 0.2) is 42.5 Å². The van der Waals surface area contributed by atoms with Crippen molar-refractivity contribution in [2.24, 2.45) is 0 Å². The second-order valence-corrected chi connectivity index (χ2v) is 4.17. The van der Waals surface area contributed by atoms with Crippen LogP contribution in [0.25, 0.3) is 0 Å². The third-order valence-corrected chi connectivity index (χ3v) is 2.48. The van der Waals surface area contributed by atoms with Crippen LogP contribution >= 0.6 is 0 Å². The smallest absolute Gasteiger partial charge is 0.228 e. The predicted molar refractivity (Wildman–Crippen MR) is 71.3 cm³/mol. The molecule has 5 heteroatoms. The van der Waals surface area contributed by atoms with E-state index in [1.54, 1.807) is 12.1 Å². The molecule has 0 bridgehead atoms. The molecule has 0 aromatic heterocycles. The Balaban J connectivity index is 2.05. The number of rotatable bonds is 3. The lowest BCUT2D eigenvalue weighted by atomic mass is 10.1. The van der Waals surface area contributed by atoms with E-state index in [1.807, 2.05) is 0 Å². The second-order valence-electron chi connectivity index (χ2n) is 4.17. The van der Waals surface area contributed by atoms with Gasteiger partial charge >= 0.3 is 0 Å². The number of benzene rings is 2. The number of carbonyl (C=O) groups excluding carboxylic acids is 1. The van der Waals surface area contributed by atoms with Gasteiger partial charge in [0, 0.05) is 11.4 Å². The van der Waals surface area contributed by atoms with E-state index < -0.39 is 5.82 Å². The summed E-state index contributed by atoms with van der Waals surface area (Å²) in [4.78, 5) is 11.8. The minimum absolute atomic E-state index is 0.0881. The summed E-state index contributed by atoms with van der Waals surface area (Å²) in [5.41, 5.74) is 6.70. The molecule has 1 amide bonds. The standard InChI is InChI=1S/C14H13FN2O2/c15-10-6-11(16)8-12(7-10)17-14(19)5-9-2-1-3-13(18)4-9/h1-4,6-8,18H,5,16H2,(H,17,19). The van der Waals surface area contributed by atoms with Gasteiger partial charge in [-0.05, 0) is 35.9 Å². The maximum atomic E-state index is 13.1. The molecule has 0 aliphatic rings. The normalized spacial score (nSPS) is 10.2. The fraction of sp³-hybridized carbons (Fsp3) is 0.0714. The molecule has 0 radical (unpaired) electrons. The Bertz CT molecular complexity index is 594. The van der Waals surface area contributed by atoms with Crippen molar-refractivity contribution < 1.29 is 14.3 Å². The molecule has 19 heavy (non-hydrogen) atoms. The van der Waals surface area contributed by atoms with Gasteiger partial charge in [0.05, 0.1) is 6.42 Å². The van der Waals surface area contributed by atoms with E-state index in [-0.39, 0.29) is 23.8 Å². The summed E-state index contributed by atoms with van der Waals surface area (Å²) in [7, 11) is 0. The first-order valence-corrected chi connectivity index (χ1v) is 5.67. The maximum Gasteiger partial charge on any atom is 0.228 e. The topological polar surface area (TPSA) is 75.3 Å². The van der Waals surface area contributed by atoms with Gasteiger partial charge in [-0.25, -0.2) is 4.39 Å². The number of nitrogen functional groups attached to an aromatic ring is 1. The number of anilines is 2. The van der Waals surface area contributed by atoms with Crippen LogP contribution in [0.5, 0.6) is 5.75 Å². The second kappa shape index (κ2) is 5.39. The molecule has 4 nitrogen and oxygen atoms in total. The number of nitrogens with two attached hydrogens (primary N) is 1. The quantitative estimate of drug-likeness (QED) is 0.741. The highest BCUT2D eigenvalue weighted by molar-refractivity contribution is 5.92. The molecule has 2 aromatic rings. The van der Waals surface area contributed by atoms with Crippen LogP contribution in [0.1, 0.15) is 5.56 Å². The van der Waals surface area contributed by atoms with E-state index in [9.17, 15) is 14.3 Å². The highest BCUT2D eigenvalue weighted by atomic mass is 19.1. The number of hydrogen-bond donors (Lipinski definition) is 3. The number of phenols is 1. The lowest BCUT2D eigenvalue weighted by Crippen LogP contribution is -2.14. The summed E-state index contributed by atoms with van der Waals surface area (Å²) in [6.45, 7) is 0. The fourth-order valence-electron chi connectivity index (χ4n) is 1.74. The van der Waals surface area contributed by atoms with Gasteiger partial charge in [0.1, 0.15) is 11.6 Å². The monoisotopic (exact) mass is 260 g/mol. The predicted octanol–water partition coefficient (Wildman–Crippen LogP) is 2.29. The van der Waals surface area contributed by atoms with Crippen molar-refractivity contribution in [1.29, 1.82) is 0 Å². The molecule has 4 N–H and O–H groups in total. The number of amides is 1. The van der Waals surface area contributed by atoms with Gasteiger partial charge in [-0.15, -0.1) is 0 Å². The average Bonchev–Trinajstić information content (AvgIpc) is 2.26. The van der Waals surface area contributed by atoms with Gasteiger partial charge in [-0.3, -0.25) is 4.79 Å². The van der Waals surface area contributed by atoms with Gasteiger partial charge in [-0.1, -0.05) is 12.1 Å². The maximum absolute atomic E-state index is 13.1. The number of nitrogens with one attached hydrogen (secondary N) is 1. The van der Waals surface area contributed by atoms with E-state index in [1.165, 1.54) is 30.3 Å². The first-order chi connectivity index (χ1) is 9.02. The molecule has 0 saturated carbocycles. The minimum atomic E-state index is -0.507. The molecular formula is C14H13FN2O2. The summed E-state index contributed by atoms with van der Waals surface area (Å²) in [5.74, 6) is -0.719. The van der Waals surface area contributed by atoms with E-state index in [0.717, 1.165) is 0 Å². The van der Waals surface area contributed by atoms with Crippen LogP contribution in [0.4, 0.5) is 15.8 Å². The number of halogens is 1. The molecular weight excluding hydrogens is 247 g/mol. The molecule has 0 unspecified atom stereocenters. The van der Waals surface area contributed by atoms with E-state index in [2.05, 4.69) is 5.32 Å².